The first-order chi connectivity index (χ1) is 10.6. The van der Waals surface area contributed by atoms with Crippen molar-refractivity contribution in [1.82, 2.24) is 10.2 Å². The molecule has 7 heteroatoms. The van der Waals surface area contributed by atoms with Gasteiger partial charge in [-0.3, -0.25) is 4.79 Å². The van der Waals surface area contributed by atoms with E-state index in [1.54, 1.807) is 38.1 Å². The third-order valence-electron chi connectivity index (χ3n) is 2.81. The van der Waals surface area contributed by atoms with Crippen LogP contribution in [0.5, 0.6) is 0 Å². The van der Waals surface area contributed by atoms with E-state index in [4.69, 9.17) is 9.15 Å². The first kappa shape index (κ1) is 15.7. The van der Waals surface area contributed by atoms with Gasteiger partial charge in [-0.25, -0.2) is 4.79 Å². The van der Waals surface area contributed by atoms with Gasteiger partial charge < -0.3 is 14.5 Å². The molecular weight excluding hydrogens is 286 g/mol. The summed E-state index contributed by atoms with van der Waals surface area (Å²) in [7, 11) is 0. The molecule has 0 aliphatic carbocycles. The number of benzene rings is 1. The number of carbonyl (C=O) groups excluding carboxylic acids is 2. The van der Waals surface area contributed by atoms with Crippen LogP contribution in [0.4, 0.5) is 5.69 Å². The zero-order valence-electron chi connectivity index (χ0n) is 12.5. The van der Waals surface area contributed by atoms with Crippen LogP contribution in [0.25, 0.3) is 0 Å². The molecule has 0 bridgehead atoms. The third-order valence-corrected chi connectivity index (χ3v) is 2.81. The lowest BCUT2D eigenvalue weighted by Gasteiger charge is -2.06. The Balaban J connectivity index is 1.85. The van der Waals surface area contributed by atoms with Crippen LogP contribution in [0, 0.1) is 6.92 Å². The number of esters is 1. The average Bonchev–Trinajstić information content (AvgIpc) is 2.92. The molecule has 0 saturated carbocycles. The summed E-state index contributed by atoms with van der Waals surface area (Å²) >= 11 is 0. The molecule has 116 valence electrons. The Kier molecular flexibility index (Phi) is 5.24. The van der Waals surface area contributed by atoms with Crippen molar-refractivity contribution < 1.29 is 18.7 Å². The molecule has 0 fully saturated rings. The minimum absolute atomic E-state index is 0.167. The summed E-state index contributed by atoms with van der Waals surface area (Å²) in [6, 6.07) is 6.52. The lowest BCUT2D eigenvalue weighted by molar-refractivity contribution is -0.116. The monoisotopic (exact) mass is 303 g/mol. The van der Waals surface area contributed by atoms with Crippen LogP contribution >= 0.6 is 0 Å². The molecule has 0 radical (unpaired) electrons. The summed E-state index contributed by atoms with van der Waals surface area (Å²) in [6.45, 7) is 3.77. The number of amides is 1. The largest absolute Gasteiger partial charge is 0.462 e. The van der Waals surface area contributed by atoms with Crippen molar-refractivity contribution in [2.45, 2.75) is 26.7 Å². The van der Waals surface area contributed by atoms with Crippen molar-refractivity contribution in [2.24, 2.45) is 0 Å². The molecule has 0 aliphatic rings. The first-order valence-corrected chi connectivity index (χ1v) is 6.94. The molecule has 0 spiro atoms. The minimum Gasteiger partial charge on any atom is -0.462 e. The minimum atomic E-state index is -0.382. The highest BCUT2D eigenvalue weighted by Gasteiger charge is 2.09. The number of carbonyl (C=O) groups is 2. The fourth-order valence-corrected chi connectivity index (χ4v) is 1.79. The first-order valence-electron chi connectivity index (χ1n) is 6.94. The number of ether oxygens (including phenoxy) is 1. The lowest BCUT2D eigenvalue weighted by atomic mass is 10.2. The fourth-order valence-electron chi connectivity index (χ4n) is 1.79. The summed E-state index contributed by atoms with van der Waals surface area (Å²) in [4.78, 5) is 23.3. The third kappa shape index (κ3) is 4.41. The van der Waals surface area contributed by atoms with Gasteiger partial charge in [0.2, 0.25) is 17.7 Å². The molecule has 7 nitrogen and oxygen atoms in total. The number of aromatic nitrogens is 2. The Morgan fingerprint density at radius 1 is 1.23 bits per heavy atom. The Labute approximate surface area is 127 Å². The summed E-state index contributed by atoms with van der Waals surface area (Å²) in [5, 5.41) is 10.3. The molecule has 0 atom stereocenters. The van der Waals surface area contributed by atoms with Gasteiger partial charge >= 0.3 is 5.97 Å². The van der Waals surface area contributed by atoms with Crippen LogP contribution in [-0.4, -0.2) is 28.7 Å². The van der Waals surface area contributed by atoms with Crippen molar-refractivity contribution >= 4 is 17.6 Å². The second kappa shape index (κ2) is 7.35. The second-order valence-corrected chi connectivity index (χ2v) is 4.56. The maximum atomic E-state index is 11.8. The van der Waals surface area contributed by atoms with Crippen molar-refractivity contribution in [3.63, 3.8) is 0 Å². The summed E-state index contributed by atoms with van der Waals surface area (Å²) in [6.07, 6.45) is 0.620. The zero-order chi connectivity index (χ0) is 15.9. The molecule has 1 amide bonds. The Morgan fingerprint density at radius 3 is 2.55 bits per heavy atom. The maximum Gasteiger partial charge on any atom is 0.338 e. The standard InChI is InChI=1S/C15H17N3O4/c1-3-21-15(20)11-4-6-12(7-5-11)16-13(19)8-9-14-18-17-10(2)22-14/h4-7H,3,8-9H2,1-2H3,(H,16,19). The average molecular weight is 303 g/mol. The van der Waals surface area contributed by atoms with Gasteiger partial charge in [0.1, 0.15) is 0 Å². The topological polar surface area (TPSA) is 94.3 Å². The van der Waals surface area contributed by atoms with E-state index in [2.05, 4.69) is 15.5 Å². The Morgan fingerprint density at radius 2 is 1.95 bits per heavy atom. The van der Waals surface area contributed by atoms with Crippen LogP contribution in [0.2, 0.25) is 0 Å². The second-order valence-electron chi connectivity index (χ2n) is 4.56. The van der Waals surface area contributed by atoms with Gasteiger partial charge in [-0.2, -0.15) is 0 Å². The Hall–Kier alpha value is -2.70. The van der Waals surface area contributed by atoms with Crippen LogP contribution in [0.1, 0.15) is 35.5 Å². The molecule has 2 aromatic rings. The summed E-state index contributed by atoms with van der Waals surface area (Å²) < 4.78 is 10.1. The molecule has 1 aromatic carbocycles. The predicted molar refractivity (Wildman–Crippen MR) is 78.4 cm³/mol. The zero-order valence-corrected chi connectivity index (χ0v) is 12.5. The fraction of sp³-hybridized carbons (Fsp3) is 0.333. The van der Waals surface area contributed by atoms with Gasteiger partial charge in [0.05, 0.1) is 12.2 Å². The van der Waals surface area contributed by atoms with E-state index in [0.29, 0.717) is 36.1 Å². The maximum absolute atomic E-state index is 11.8. The van der Waals surface area contributed by atoms with Gasteiger partial charge in [0.15, 0.2) is 0 Å². The molecule has 1 aromatic heterocycles. The van der Waals surface area contributed by atoms with Gasteiger partial charge in [-0.1, -0.05) is 0 Å². The Bertz CT molecular complexity index is 649. The number of aryl methyl sites for hydroxylation is 2. The van der Waals surface area contributed by atoms with Crippen LogP contribution in [0.15, 0.2) is 28.7 Å². The number of nitrogens with zero attached hydrogens (tertiary/aromatic N) is 2. The van der Waals surface area contributed by atoms with Gasteiger partial charge in [-0.05, 0) is 31.2 Å². The number of hydrogen-bond donors (Lipinski definition) is 1. The predicted octanol–water partition coefficient (Wildman–Crippen LogP) is 2.13. The van der Waals surface area contributed by atoms with Crippen molar-refractivity contribution in [2.75, 3.05) is 11.9 Å². The van der Waals surface area contributed by atoms with E-state index < -0.39 is 0 Å². The van der Waals surface area contributed by atoms with Crippen molar-refractivity contribution in [3.05, 3.63) is 41.6 Å². The van der Waals surface area contributed by atoms with E-state index >= 15 is 0 Å². The van der Waals surface area contributed by atoms with Crippen LogP contribution in [-0.2, 0) is 16.0 Å². The SMILES string of the molecule is CCOC(=O)c1ccc(NC(=O)CCc2nnc(C)o2)cc1. The highest BCUT2D eigenvalue weighted by atomic mass is 16.5. The van der Waals surface area contributed by atoms with E-state index in [0.717, 1.165) is 0 Å². The summed E-state index contributed by atoms with van der Waals surface area (Å²) in [5.41, 5.74) is 1.06. The number of anilines is 1. The molecule has 0 aliphatic heterocycles. The van der Waals surface area contributed by atoms with Crippen molar-refractivity contribution in [3.8, 4) is 0 Å². The number of rotatable bonds is 6. The number of nitrogens with one attached hydrogen (secondary N) is 1. The van der Waals surface area contributed by atoms with E-state index in [9.17, 15) is 9.59 Å². The molecule has 2 rings (SSSR count). The van der Waals surface area contributed by atoms with Gasteiger partial charge in [-0.15, -0.1) is 10.2 Å². The van der Waals surface area contributed by atoms with Crippen LogP contribution < -0.4 is 5.32 Å². The van der Waals surface area contributed by atoms with Crippen LogP contribution in [0.3, 0.4) is 0 Å². The van der Waals surface area contributed by atoms with E-state index in [1.165, 1.54) is 0 Å². The smallest absolute Gasteiger partial charge is 0.338 e. The van der Waals surface area contributed by atoms with Gasteiger partial charge in [0, 0.05) is 25.5 Å². The van der Waals surface area contributed by atoms with E-state index in [-0.39, 0.29) is 18.3 Å². The van der Waals surface area contributed by atoms with E-state index in [1.807, 2.05) is 0 Å². The molecular formula is C15H17N3O4. The molecule has 1 heterocycles. The molecule has 22 heavy (non-hydrogen) atoms. The summed E-state index contributed by atoms with van der Waals surface area (Å²) in [5.74, 6) is 0.363. The molecule has 0 saturated heterocycles. The van der Waals surface area contributed by atoms with Crippen molar-refractivity contribution in [1.29, 1.82) is 0 Å². The molecule has 0 unspecified atom stereocenters. The molecule has 1 N–H and O–H groups in total. The lowest BCUT2D eigenvalue weighted by Crippen LogP contribution is -2.12. The highest BCUT2D eigenvalue weighted by molar-refractivity contribution is 5.93. The number of hydrogen-bond acceptors (Lipinski definition) is 6. The highest BCUT2D eigenvalue weighted by Crippen LogP contribution is 2.11. The van der Waals surface area contributed by atoms with Gasteiger partial charge in [0.25, 0.3) is 0 Å². The quantitative estimate of drug-likeness (QED) is 0.821. The normalized spacial score (nSPS) is 10.3.